The molecule has 1 aromatic rings. The summed E-state index contributed by atoms with van der Waals surface area (Å²) in [5.74, 6) is -0.421. The number of rotatable bonds is 6. The first-order valence-electron chi connectivity index (χ1n) is 5.67. The highest BCUT2D eigenvalue weighted by Crippen LogP contribution is 2.14. The summed E-state index contributed by atoms with van der Waals surface area (Å²) >= 11 is 3.16. The average molecular weight is 301 g/mol. The van der Waals surface area contributed by atoms with Crippen molar-refractivity contribution in [2.45, 2.75) is 37.3 Å². The van der Waals surface area contributed by atoms with Crippen LogP contribution in [-0.2, 0) is 16.1 Å². The minimum atomic E-state index is -0.691. The van der Waals surface area contributed by atoms with Crippen LogP contribution in [0, 0.1) is 0 Å². The summed E-state index contributed by atoms with van der Waals surface area (Å²) in [5, 5.41) is 9.64. The van der Waals surface area contributed by atoms with Crippen molar-refractivity contribution in [3.05, 3.63) is 35.9 Å². The molecule has 0 aliphatic rings. The van der Waals surface area contributed by atoms with Gasteiger partial charge >= 0.3 is 5.97 Å². The lowest BCUT2D eigenvalue weighted by Crippen LogP contribution is -2.30. The first kappa shape index (κ1) is 14.2. The fourth-order valence-electron chi connectivity index (χ4n) is 1.41. The molecule has 0 aliphatic heterocycles. The molecule has 0 spiro atoms. The number of benzene rings is 1. The molecule has 0 bridgehead atoms. The number of alkyl halides is 1. The summed E-state index contributed by atoms with van der Waals surface area (Å²) in [6.45, 7) is 2.19. The number of carbonyl (C=O) groups excluding carboxylic acids is 1. The van der Waals surface area contributed by atoms with E-state index in [0.717, 1.165) is 12.0 Å². The van der Waals surface area contributed by atoms with Crippen LogP contribution in [0.5, 0.6) is 0 Å². The van der Waals surface area contributed by atoms with Gasteiger partial charge in [0.2, 0.25) is 0 Å². The van der Waals surface area contributed by atoms with E-state index in [1.165, 1.54) is 0 Å². The zero-order valence-electron chi connectivity index (χ0n) is 9.80. The standard InChI is InChI=1S/C13H17BrO3/c1-2-6-11(15)12(14)13(16)17-9-10-7-4-3-5-8-10/h3-5,7-8,11-12,15H,2,6,9H2,1H3/t11-,12+/m0/s1. The SMILES string of the molecule is CCC[C@H](O)[C@@H](Br)C(=O)OCc1ccccc1. The van der Waals surface area contributed by atoms with Crippen molar-refractivity contribution in [1.29, 1.82) is 0 Å². The van der Waals surface area contributed by atoms with Gasteiger partial charge in [0, 0.05) is 0 Å². The molecule has 94 valence electrons. The lowest BCUT2D eigenvalue weighted by molar-refractivity contribution is -0.146. The number of halogens is 1. The normalized spacial score (nSPS) is 14.1. The van der Waals surface area contributed by atoms with Crippen LogP contribution < -0.4 is 0 Å². The van der Waals surface area contributed by atoms with E-state index >= 15 is 0 Å². The number of aliphatic hydroxyl groups is 1. The second-order valence-electron chi connectivity index (χ2n) is 3.85. The summed E-state index contributed by atoms with van der Waals surface area (Å²) in [7, 11) is 0. The van der Waals surface area contributed by atoms with Crippen molar-refractivity contribution in [3.8, 4) is 0 Å². The summed E-state index contributed by atoms with van der Waals surface area (Å²) in [6.07, 6.45) is 0.717. The van der Waals surface area contributed by atoms with Gasteiger partial charge in [-0.2, -0.15) is 0 Å². The van der Waals surface area contributed by atoms with Crippen LogP contribution in [0.15, 0.2) is 30.3 Å². The average Bonchev–Trinajstić information content (AvgIpc) is 2.36. The first-order chi connectivity index (χ1) is 8.15. The van der Waals surface area contributed by atoms with E-state index < -0.39 is 16.9 Å². The van der Waals surface area contributed by atoms with Gasteiger partial charge in [-0.25, -0.2) is 0 Å². The molecular weight excluding hydrogens is 284 g/mol. The Bertz CT molecular complexity index is 340. The Morgan fingerprint density at radius 3 is 2.65 bits per heavy atom. The summed E-state index contributed by atoms with van der Waals surface area (Å²) in [4.78, 5) is 11.0. The van der Waals surface area contributed by atoms with Crippen LogP contribution in [0.3, 0.4) is 0 Å². The maximum atomic E-state index is 11.6. The minimum absolute atomic E-state index is 0.237. The van der Waals surface area contributed by atoms with Gasteiger partial charge in [-0.05, 0) is 12.0 Å². The Balaban J connectivity index is 2.39. The van der Waals surface area contributed by atoms with Crippen molar-refractivity contribution in [2.24, 2.45) is 0 Å². The van der Waals surface area contributed by atoms with Crippen LogP contribution in [0.4, 0.5) is 0 Å². The topological polar surface area (TPSA) is 46.5 Å². The quantitative estimate of drug-likeness (QED) is 0.649. The van der Waals surface area contributed by atoms with Crippen molar-refractivity contribution in [2.75, 3.05) is 0 Å². The van der Waals surface area contributed by atoms with E-state index in [2.05, 4.69) is 15.9 Å². The van der Waals surface area contributed by atoms with E-state index in [-0.39, 0.29) is 6.61 Å². The lowest BCUT2D eigenvalue weighted by atomic mass is 10.1. The molecule has 0 heterocycles. The highest BCUT2D eigenvalue weighted by Gasteiger charge is 2.24. The van der Waals surface area contributed by atoms with E-state index in [4.69, 9.17) is 4.74 Å². The van der Waals surface area contributed by atoms with Crippen LogP contribution in [0.25, 0.3) is 0 Å². The molecule has 0 aromatic heterocycles. The number of hydrogen-bond acceptors (Lipinski definition) is 3. The van der Waals surface area contributed by atoms with Crippen molar-refractivity contribution in [3.63, 3.8) is 0 Å². The summed E-state index contributed by atoms with van der Waals surface area (Å²) in [5.41, 5.74) is 0.936. The fourth-order valence-corrected chi connectivity index (χ4v) is 1.80. The maximum Gasteiger partial charge on any atom is 0.322 e. The molecule has 0 unspecified atom stereocenters. The third-order valence-corrected chi connectivity index (χ3v) is 3.36. The molecule has 0 amide bonds. The number of ether oxygens (including phenoxy) is 1. The van der Waals surface area contributed by atoms with Gasteiger partial charge in [-0.3, -0.25) is 4.79 Å². The molecule has 0 saturated carbocycles. The Kier molecular flexibility index (Phi) is 6.22. The van der Waals surface area contributed by atoms with Crippen LogP contribution in [-0.4, -0.2) is 22.0 Å². The third-order valence-electron chi connectivity index (χ3n) is 2.37. The molecule has 1 rings (SSSR count). The number of esters is 1. The molecule has 0 aliphatic carbocycles. The molecule has 17 heavy (non-hydrogen) atoms. The van der Waals surface area contributed by atoms with E-state index in [1.807, 2.05) is 37.3 Å². The van der Waals surface area contributed by atoms with Gasteiger partial charge in [0.1, 0.15) is 11.4 Å². The van der Waals surface area contributed by atoms with Crippen molar-refractivity contribution in [1.82, 2.24) is 0 Å². The van der Waals surface area contributed by atoms with Gasteiger partial charge in [0.05, 0.1) is 6.10 Å². The maximum absolute atomic E-state index is 11.6. The second-order valence-corrected chi connectivity index (χ2v) is 4.84. The largest absolute Gasteiger partial charge is 0.460 e. The molecular formula is C13H17BrO3. The summed E-state index contributed by atoms with van der Waals surface area (Å²) < 4.78 is 5.11. The lowest BCUT2D eigenvalue weighted by Gasteiger charge is -2.15. The zero-order chi connectivity index (χ0) is 12.7. The molecule has 1 aromatic carbocycles. The molecule has 4 heteroatoms. The van der Waals surface area contributed by atoms with Gasteiger partial charge in [0.25, 0.3) is 0 Å². The summed E-state index contributed by atoms with van der Waals surface area (Å²) in [6, 6.07) is 9.46. The van der Waals surface area contributed by atoms with Gasteiger partial charge in [-0.15, -0.1) is 0 Å². The third kappa shape index (κ3) is 4.88. The number of aliphatic hydroxyl groups excluding tert-OH is 1. The van der Waals surface area contributed by atoms with E-state index in [0.29, 0.717) is 6.42 Å². The first-order valence-corrected chi connectivity index (χ1v) is 6.59. The minimum Gasteiger partial charge on any atom is -0.460 e. The van der Waals surface area contributed by atoms with Crippen molar-refractivity contribution >= 4 is 21.9 Å². The van der Waals surface area contributed by atoms with E-state index in [1.54, 1.807) is 0 Å². The Morgan fingerprint density at radius 1 is 1.41 bits per heavy atom. The molecule has 1 N–H and O–H groups in total. The fraction of sp³-hybridized carbons (Fsp3) is 0.462. The predicted molar refractivity (Wildman–Crippen MR) is 69.9 cm³/mol. The second kappa shape index (κ2) is 7.45. The molecule has 0 saturated heterocycles. The van der Waals surface area contributed by atoms with E-state index in [9.17, 15) is 9.90 Å². The highest BCUT2D eigenvalue weighted by atomic mass is 79.9. The smallest absolute Gasteiger partial charge is 0.322 e. The van der Waals surface area contributed by atoms with Gasteiger partial charge < -0.3 is 9.84 Å². The number of carbonyl (C=O) groups is 1. The molecule has 3 nitrogen and oxygen atoms in total. The molecule has 0 radical (unpaired) electrons. The van der Waals surface area contributed by atoms with Gasteiger partial charge in [0.15, 0.2) is 0 Å². The number of hydrogen-bond donors (Lipinski definition) is 1. The molecule has 2 atom stereocenters. The molecule has 0 fully saturated rings. The Morgan fingerprint density at radius 2 is 2.06 bits per heavy atom. The Hall–Kier alpha value is -0.870. The predicted octanol–water partition coefficient (Wildman–Crippen LogP) is 2.65. The van der Waals surface area contributed by atoms with Crippen molar-refractivity contribution < 1.29 is 14.6 Å². The monoisotopic (exact) mass is 300 g/mol. The highest BCUT2D eigenvalue weighted by molar-refractivity contribution is 9.10. The van der Waals surface area contributed by atoms with Crippen LogP contribution in [0.1, 0.15) is 25.3 Å². The Labute approximate surface area is 110 Å². The van der Waals surface area contributed by atoms with Gasteiger partial charge in [-0.1, -0.05) is 59.6 Å². The zero-order valence-corrected chi connectivity index (χ0v) is 11.4. The van der Waals surface area contributed by atoms with Crippen LogP contribution >= 0.6 is 15.9 Å². The van der Waals surface area contributed by atoms with Crippen LogP contribution in [0.2, 0.25) is 0 Å².